The van der Waals surface area contributed by atoms with Crippen molar-refractivity contribution in [2.75, 3.05) is 25.5 Å². The topological polar surface area (TPSA) is 93.1 Å². The third-order valence-electron chi connectivity index (χ3n) is 5.97. The van der Waals surface area contributed by atoms with E-state index in [0.717, 1.165) is 64.8 Å². The van der Waals surface area contributed by atoms with Crippen molar-refractivity contribution in [1.29, 1.82) is 0 Å². The van der Waals surface area contributed by atoms with E-state index in [0.29, 0.717) is 5.92 Å². The number of pyridine rings is 3. The molecule has 1 unspecified atom stereocenters. The second-order valence-corrected chi connectivity index (χ2v) is 8.93. The highest BCUT2D eigenvalue weighted by molar-refractivity contribution is 7.21. The van der Waals surface area contributed by atoms with Gasteiger partial charge < -0.3 is 10.1 Å². The second-order valence-electron chi connectivity index (χ2n) is 7.95. The summed E-state index contributed by atoms with van der Waals surface area (Å²) < 4.78 is 5.25. The number of aromatic nitrogens is 4. The zero-order chi connectivity index (χ0) is 22.6. The molecule has 1 aliphatic heterocycles. The summed E-state index contributed by atoms with van der Waals surface area (Å²) in [6, 6.07) is 12.0. The number of thiazole rings is 1. The number of methoxy groups -OCH3 is 1. The Kier molecular flexibility index (Phi) is 6.34. The zero-order valence-corrected chi connectivity index (χ0v) is 19.0. The van der Waals surface area contributed by atoms with Crippen molar-refractivity contribution in [3.8, 4) is 11.3 Å². The number of fused-ring (bicyclic) bond motifs is 1. The van der Waals surface area contributed by atoms with Crippen LogP contribution in [0, 0.1) is 0 Å². The van der Waals surface area contributed by atoms with E-state index in [1.54, 1.807) is 19.5 Å². The molecule has 1 atom stereocenters. The van der Waals surface area contributed by atoms with Crippen LogP contribution in [0.1, 0.15) is 24.3 Å². The molecule has 168 valence electrons. The van der Waals surface area contributed by atoms with Gasteiger partial charge in [-0.15, -0.1) is 0 Å². The Morgan fingerprint density at radius 1 is 1.12 bits per heavy atom. The summed E-state index contributed by atoms with van der Waals surface area (Å²) in [5.74, 6) is 1.19. The highest BCUT2D eigenvalue weighted by atomic mass is 32.1. The molecule has 0 bridgehead atoms. The Bertz CT molecular complexity index is 1240. The first kappa shape index (κ1) is 21.6. The van der Waals surface area contributed by atoms with Crippen molar-refractivity contribution in [2.45, 2.75) is 25.0 Å². The average molecular weight is 461 g/mol. The molecule has 4 aromatic heterocycles. The largest absolute Gasteiger partial charge is 0.359 e. The van der Waals surface area contributed by atoms with E-state index in [-0.39, 0.29) is 0 Å². The van der Waals surface area contributed by atoms with Crippen molar-refractivity contribution in [3.05, 3.63) is 60.6 Å². The lowest BCUT2D eigenvalue weighted by molar-refractivity contribution is -0.128. The maximum absolute atomic E-state index is 11.2. The van der Waals surface area contributed by atoms with Crippen LogP contribution in [-0.2, 0) is 9.53 Å². The Balaban J connectivity index is 1.29. The van der Waals surface area contributed by atoms with Crippen LogP contribution in [0.2, 0.25) is 0 Å². The van der Waals surface area contributed by atoms with Gasteiger partial charge in [-0.3, -0.25) is 14.7 Å². The molecule has 1 fully saturated rings. The van der Waals surface area contributed by atoms with Gasteiger partial charge in [-0.05, 0) is 60.7 Å². The number of carbonyl (C=O) groups excluding carboxylic acids is 1. The first-order valence-electron chi connectivity index (χ1n) is 10.9. The fourth-order valence-corrected chi connectivity index (χ4v) is 5.06. The number of carbonyl (C=O) groups is 1. The number of anilines is 2. The standard InChI is InChI=1S/C24H24N6O2S/c1-32-22(15-31)30-12-7-16(8-13-30)18-6-11-26-21(14-18)29-24-28-20-3-2-19(27-23(20)33-24)17-4-9-25-10-5-17/h2-6,9-11,14-16,22H,7-8,12-13H2,1H3,(H,26,28,29). The maximum Gasteiger partial charge on any atom is 0.190 e. The van der Waals surface area contributed by atoms with Gasteiger partial charge in [0, 0.05) is 44.4 Å². The first-order valence-corrected chi connectivity index (χ1v) is 11.7. The maximum atomic E-state index is 11.2. The fourth-order valence-electron chi connectivity index (χ4n) is 4.21. The SMILES string of the molecule is COC(C=O)N1CCC(c2ccnc(Nc3nc4ccc(-c5ccncc5)nc4s3)c2)CC1. The van der Waals surface area contributed by atoms with Gasteiger partial charge in [0.2, 0.25) is 0 Å². The number of hydrogen-bond acceptors (Lipinski definition) is 9. The summed E-state index contributed by atoms with van der Waals surface area (Å²) in [5.41, 5.74) is 4.02. The minimum absolute atomic E-state index is 0.425. The molecule has 1 aliphatic rings. The van der Waals surface area contributed by atoms with Gasteiger partial charge in [-0.1, -0.05) is 11.3 Å². The predicted molar refractivity (Wildman–Crippen MR) is 129 cm³/mol. The van der Waals surface area contributed by atoms with E-state index >= 15 is 0 Å². The van der Waals surface area contributed by atoms with E-state index < -0.39 is 6.23 Å². The van der Waals surface area contributed by atoms with Crippen LogP contribution >= 0.6 is 11.3 Å². The minimum Gasteiger partial charge on any atom is -0.359 e. The number of ether oxygens (including phenoxy) is 1. The summed E-state index contributed by atoms with van der Waals surface area (Å²) >= 11 is 1.51. The molecule has 0 aromatic carbocycles. The molecule has 1 N–H and O–H groups in total. The van der Waals surface area contributed by atoms with Crippen molar-refractivity contribution >= 4 is 38.9 Å². The summed E-state index contributed by atoms with van der Waals surface area (Å²) in [6.07, 6.45) is 7.72. The molecule has 0 spiro atoms. The molecule has 0 amide bonds. The summed E-state index contributed by atoms with van der Waals surface area (Å²) in [5, 5.41) is 4.11. The molecule has 8 nitrogen and oxygen atoms in total. The summed E-state index contributed by atoms with van der Waals surface area (Å²) in [7, 11) is 1.57. The Labute approximate surface area is 195 Å². The molecule has 33 heavy (non-hydrogen) atoms. The van der Waals surface area contributed by atoms with Gasteiger partial charge >= 0.3 is 0 Å². The van der Waals surface area contributed by atoms with Crippen molar-refractivity contribution < 1.29 is 9.53 Å². The van der Waals surface area contributed by atoms with Crippen molar-refractivity contribution in [3.63, 3.8) is 0 Å². The van der Waals surface area contributed by atoms with Crippen LogP contribution in [0.25, 0.3) is 21.6 Å². The third kappa shape index (κ3) is 4.75. The quantitative estimate of drug-likeness (QED) is 0.409. The monoisotopic (exact) mass is 460 g/mol. The van der Waals surface area contributed by atoms with Crippen LogP contribution in [0.3, 0.4) is 0 Å². The van der Waals surface area contributed by atoms with Crippen LogP contribution in [0.15, 0.2) is 55.0 Å². The van der Waals surface area contributed by atoms with Crippen LogP contribution in [-0.4, -0.2) is 57.5 Å². The minimum atomic E-state index is -0.452. The fraction of sp³-hybridized carbons (Fsp3) is 0.292. The molecule has 5 rings (SSSR count). The van der Waals surface area contributed by atoms with E-state index in [1.165, 1.54) is 16.9 Å². The molecule has 5 heterocycles. The van der Waals surface area contributed by atoms with Crippen LogP contribution in [0.5, 0.6) is 0 Å². The van der Waals surface area contributed by atoms with Gasteiger partial charge in [-0.2, -0.15) is 0 Å². The number of nitrogens with one attached hydrogen (secondary N) is 1. The van der Waals surface area contributed by atoms with Gasteiger partial charge in [-0.25, -0.2) is 15.0 Å². The summed E-state index contributed by atoms with van der Waals surface area (Å²) in [6.45, 7) is 1.66. The number of hydrogen-bond donors (Lipinski definition) is 1. The molecule has 1 saturated heterocycles. The number of rotatable bonds is 7. The second kappa shape index (κ2) is 9.70. The lowest BCUT2D eigenvalue weighted by Gasteiger charge is -2.34. The number of aldehydes is 1. The highest BCUT2D eigenvalue weighted by Gasteiger charge is 2.25. The van der Waals surface area contributed by atoms with E-state index in [9.17, 15) is 4.79 Å². The van der Waals surface area contributed by atoms with Gasteiger partial charge in [0.1, 0.15) is 16.2 Å². The Morgan fingerprint density at radius 3 is 2.70 bits per heavy atom. The average Bonchev–Trinajstić information content (AvgIpc) is 3.27. The zero-order valence-electron chi connectivity index (χ0n) is 18.2. The van der Waals surface area contributed by atoms with E-state index in [4.69, 9.17) is 9.72 Å². The van der Waals surface area contributed by atoms with Crippen molar-refractivity contribution in [1.82, 2.24) is 24.8 Å². The molecular weight excluding hydrogens is 436 g/mol. The van der Waals surface area contributed by atoms with Gasteiger partial charge in [0.05, 0.1) is 5.69 Å². The van der Waals surface area contributed by atoms with E-state index in [2.05, 4.69) is 37.3 Å². The third-order valence-corrected chi connectivity index (χ3v) is 6.85. The molecule has 0 saturated carbocycles. The smallest absolute Gasteiger partial charge is 0.190 e. The first-order chi connectivity index (χ1) is 16.2. The Morgan fingerprint density at radius 2 is 1.94 bits per heavy atom. The lowest BCUT2D eigenvalue weighted by atomic mass is 9.90. The van der Waals surface area contributed by atoms with Crippen LogP contribution < -0.4 is 5.32 Å². The molecule has 9 heteroatoms. The Hall–Kier alpha value is -3.27. The molecule has 0 radical (unpaired) electrons. The predicted octanol–water partition coefficient (Wildman–Crippen LogP) is 4.24. The molecule has 4 aromatic rings. The number of piperidine rings is 1. The normalized spacial score (nSPS) is 16.0. The molecular formula is C24H24N6O2S. The highest BCUT2D eigenvalue weighted by Crippen LogP contribution is 2.32. The summed E-state index contributed by atoms with van der Waals surface area (Å²) in [4.78, 5) is 32.1. The number of likely N-dealkylation sites (tertiary alicyclic amines) is 1. The number of nitrogens with zero attached hydrogens (tertiary/aromatic N) is 5. The lowest BCUT2D eigenvalue weighted by Crippen LogP contribution is -2.42. The van der Waals surface area contributed by atoms with Crippen molar-refractivity contribution in [2.24, 2.45) is 0 Å². The van der Waals surface area contributed by atoms with E-state index in [1.807, 2.05) is 30.5 Å². The van der Waals surface area contributed by atoms with Gasteiger partial charge in [0.15, 0.2) is 17.6 Å². The van der Waals surface area contributed by atoms with Crippen LogP contribution in [0.4, 0.5) is 10.9 Å². The molecule has 0 aliphatic carbocycles. The van der Waals surface area contributed by atoms with Gasteiger partial charge in [0.25, 0.3) is 0 Å².